The van der Waals surface area contributed by atoms with E-state index in [-0.39, 0.29) is 19.0 Å². The number of alkyl halides is 5. The number of carbonyl (C=O) groups excluding carboxylic acids is 1. The molecular formula is C27H33F5N6O4. The first kappa shape index (κ1) is 31.2. The molecule has 4 heterocycles. The fourth-order valence-corrected chi connectivity index (χ4v) is 5.10. The predicted molar refractivity (Wildman–Crippen MR) is 142 cm³/mol. The molecule has 10 nitrogen and oxygen atoms in total. The van der Waals surface area contributed by atoms with E-state index in [9.17, 15) is 26.7 Å². The summed E-state index contributed by atoms with van der Waals surface area (Å²) >= 11 is 0. The Hall–Kier alpha value is -3.75. The molecule has 1 saturated heterocycles. The Kier molecular flexibility index (Phi) is 8.54. The van der Waals surface area contributed by atoms with E-state index in [4.69, 9.17) is 14.2 Å². The van der Waals surface area contributed by atoms with Crippen LogP contribution < -0.4 is 14.8 Å². The molecule has 0 bridgehead atoms. The highest BCUT2D eigenvalue weighted by molar-refractivity contribution is 5.75. The Bertz CT molecular complexity index is 1430. The molecule has 1 aliphatic heterocycles. The summed E-state index contributed by atoms with van der Waals surface area (Å²) in [6, 6.07) is -2.16. The van der Waals surface area contributed by atoms with Gasteiger partial charge < -0.3 is 28.8 Å². The summed E-state index contributed by atoms with van der Waals surface area (Å²) in [6.07, 6.45) is -4.01. The molecule has 0 radical (unpaired) electrons. The molecule has 3 aromatic rings. The van der Waals surface area contributed by atoms with Crippen LogP contribution in [0.2, 0.25) is 0 Å². The molecule has 15 heteroatoms. The minimum atomic E-state index is -5.04. The normalized spacial score (nSPS) is 18.9. The van der Waals surface area contributed by atoms with Crippen molar-refractivity contribution in [2.24, 2.45) is 0 Å². The Morgan fingerprint density at radius 3 is 2.55 bits per heavy atom. The number of halogens is 5. The van der Waals surface area contributed by atoms with Crippen LogP contribution in [0, 0.1) is 6.92 Å². The van der Waals surface area contributed by atoms with Gasteiger partial charge in [0.1, 0.15) is 5.75 Å². The number of urea groups is 1. The minimum Gasteiger partial charge on any atom is -0.494 e. The van der Waals surface area contributed by atoms with E-state index in [0.717, 1.165) is 10.6 Å². The number of aromatic nitrogens is 4. The maximum atomic E-state index is 14.3. The summed E-state index contributed by atoms with van der Waals surface area (Å²) in [5, 5.41) is 1.89. The summed E-state index contributed by atoms with van der Waals surface area (Å²) in [6.45, 7) is 5.79. The molecule has 2 unspecified atom stereocenters. The van der Waals surface area contributed by atoms with Gasteiger partial charge in [-0.2, -0.15) is 13.2 Å². The lowest BCUT2D eigenvalue weighted by Crippen LogP contribution is -2.61. The van der Waals surface area contributed by atoms with Gasteiger partial charge in [-0.25, -0.2) is 23.5 Å². The Balaban J connectivity index is 1.61. The number of hydrogen-bond donors (Lipinski definition) is 1. The monoisotopic (exact) mass is 600 g/mol. The van der Waals surface area contributed by atoms with Crippen molar-refractivity contribution in [1.29, 1.82) is 0 Å². The van der Waals surface area contributed by atoms with E-state index in [2.05, 4.69) is 15.0 Å². The van der Waals surface area contributed by atoms with Gasteiger partial charge >= 0.3 is 12.2 Å². The van der Waals surface area contributed by atoms with Crippen LogP contribution in [-0.2, 0) is 11.3 Å². The highest BCUT2D eigenvalue weighted by atomic mass is 19.4. The first-order valence-corrected chi connectivity index (χ1v) is 13.2. The van der Waals surface area contributed by atoms with Crippen molar-refractivity contribution in [2.75, 3.05) is 20.8 Å². The van der Waals surface area contributed by atoms with Crippen molar-refractivity contribution >= 4 is 11.7 Å². The largest absolute Gasteiger partial charge is 0.494 e. The number of fused-ring (bicyclic) bond motifs is 1. The lowest BCUT2D eigenvalue weighted by molar-refractivity contribution is -0.246. The molecule has 0 spiro atoms. The molecule has 2 amide bonds. The molecule has 42 heavy (non-hydrogen) atoms. The van der Waals surface area contributed by atoms with Gasteiger partial charge in [0.05, 0.1) is 55.7 Å². The number of ether oxygens (including phenoxy) is 3. The first-order chi connectivity index (χ1) is 19.6. The van der Waals surface area contributed by atoms with E-state index in [1.165, 1.54) is 34.3 Å². The van der Waals surface area contributed by atoms with Crippen molar-refractivity contribution < 1.29 is 41.0 Å². The third kappa shape index (κ3) is 6.82. The zero-order valence-corrected chi connectivity index (χ0v) is 24.1. The van der Waals surface area contributed by atoms with Gasteiger partial charge in [-0.15, -0.1) is 0 Å². The fourth-order valence-electron chi connectivity index (χ4n) is 5.10. The van der Waals surface area contributed by atoms with Crippen molar-refractivity contribution in [3.8, 4) is 22.9 Å². The molecule has 0 aromatic carbocycles. The average molecular weight is 601 g/mol. The summed E-state index contributed by atoms with van der Waals surface area (Å²) in [5.74, 6) is -2.77. The topological polar surface area (TPSA) is 103 Å². The predicted octanol–water partition coefficient (Wildman–Crippen LogP) is 5.17. The molecule has 1 aliphatic rings. The number of carbonyl (C=O) groups is 1. The third-order valence-electron chi connectivity index (χ3n) is 6.82. The Morgan fingerprint density at radius 2 is 1.95 bits per heavy atom. The molecule has 0 aliphatic carbocycles. The maximum absolute atomic E-state index is 14.3. The zero-order chi connectivity index (χ0) is 31.0. The highest BCUT2D eigenvalue weighted by Crippen LogP contribution is 2.42. The van der Waals surface area contributed by atoms with Crippen LogP contribution in [0.3, 0.4) is 0 Å². The smallest absolute Gasteiger partial charge is 0.411 e. The lowest BCUT2D eigenvalue weighted by atomic mass is 9.89. The van der Waals surface area contributed by atoms with Gasteiger partial charge in [-0.3, -0.25) is 4.98 Å². The fraction of sp³-hybridized carbons (Fsp3) is 0.556. The average Bonchev–Trinajstić information content (AvgIpc) is 3.27. The zero-order valence-electron chi connectivity index (χ0n) is 24.1. The van der Waals surface area contributed by atoms with Gasteiger partial charge in [0.2, 0.25) is 5.65 Å². The molecule has 0 saturated carbocycles. The molecule has 1 N–H and O–H groups in total. The number of methoxy groups -OCH3 is 2. The van der Waals surface area contributed by atoms with Crippen LogP contribution in [0.5, 0.6) is 11.6 Å². The number of nitrogens with one attached hydrogen (secondary N) is 1. The van der Waals surface area contributed by atoms with Gasteiger partial charge in [0, 0.05) is 37.3 Å². The van der Waals surface area contributed by atoms with Crippen molar-refractivity contribution in [2.45, 2.75) is 76.9 Å². The number of nitrogens with zero attached hydrogens (tertiary/aromatic N) is 5. The van der Waals surface area contributed by atoms with Crippen LogP contribution in [0.15, 0.2) is 24.7 Å². The molecule has 3 aromatic heterocycles. The van der Waals surface area contributed by atoms with Crippen molar-refractivity contribution in [1.82, 2.24) is 29.6 Å². The summed E-state index contributed by atoms with van der Waals surface area (Å²) in [7, 11) is 2.90. The number of aryl methyl sites for hydroxylation is 1. The number of rotatable bonds is 8. The number of imidazole rings is 1. The SMILES string of the molecule is CCN(Cc1cc(-c2cn3cc(C)nc3c(OC)n2)c(OC)cn1)C(=O)NC(C1CC(F)(F)CC(C)(C)O1)C(F)(F)F. The molecule has 230 valence electrons. The summed E-state index contributed by atoms with van der Waals surface area (Å²) in [4.78, 5) is 27.4. The van der Waals surface area contributed by atoms with Crippen molar-refractivity contribution in [3.05, 3.63) is 36.0 Å². The molecule has 2 atom stereocenters. The van der Waals surface area contributed by atoms with Crippen LogP contribution in [0.4, 0.5) is 26.7 Å². The quantitative estimate of drug-likeness (QED) is 0.356. The summed E-state index contributed by atoms with van der Waals surface area (Å²) < 4.78 is 88.8. The van der Waals surface area contributed by atoms with Gasteiger partial charge in [-0.1, -0.05) is 0 Å². The second kappa shape index (κ2) is 11.5. The van der Waals surface area contributed by atoms with Crippen molar-refractivity contribution in [3.63, 3.8) is 0 Å². The third-order valence-corrected chi connectivity index (χ3v) is 6.82. The van der Waals surface area contributed by atoms with Crippen LogP contribution in [-0.4, -0.2) is 80.9 Å². The second-order valence-electron chi connectivity index (χ2n) is 10.8. The van der Waals surface area contributed by atoms with E-state index >= 15 is 0 Å². The number of amides is 2. The van der Waals surface area contributed by atoms with Gasteiger partial charge in [0.25, 0.3) is 11.8 Å². The first-order valence-electron chi connectivity index (χ1n) is 13.2. The molecular weight excluding hydrogens is 567 g/mol. The second-order valence-corrected chi connectivity index (χ2v) is 10.8. The summed E-state index contributed by atoms with van der Waals surface area (Å²) in [5.41, 5.74) is 0.962. The van der Waals surface area contributed by atoms with E-state index in [0.29, 0.717) is 28.3 Å². The van der Waals surface area contributed by atoms with Crippen LogP contribution in [0.1, 0.15) is 45.0 Å². The minimum absolute atomic E-state index is 0.00102. The van der Waals surface area contributed by atoms with Gasteiger partial charge in [-0.05, 0) is 33.8 Å². The molecule has 4 rings (SSSR count). The Morgan fingerprint density at radius 1 is 1.24 bits per heavy atom. The van der Waals surface area contributed by atoms with E-state index in [1.807, 2.05) is 12.2 Å². The Labute approximate surface area is 239 Å². The maximum Gasteiger partial charge on any atom is 0.411 e. The number of pyridine rings is 1. The highest BCUT2D eigenvalue weighted by Gasteiger charge is 2.55. The van der Waals surface area contributed by atoms with Crippen LogP contribution >= 0.6 is 0 Å². The van der Waals surface area contributed by atoms with Gasteiger partial charge in [0.15, 0.2) is 6.04 Å². The molecule has 1 fully saturated rings. The lowest BCUT2D eigenvalue weighted by Gasteiger charge is -2.43. The van der Waals surface area contributed by atoms with E-state index < -0.39 is 48.7 Å². The number of hydrogen-bond acceptors (Lipinski definition) is 7. The van der Waals surface area contributed by atoms with E-state index in [1.54, 1.807) is 29.8 Å². The standard InChI is InChI=1S/C27H33F5N6O4/c1-7-37(24(39)36-21(27(30,31)32)19-9-26(28,29)14-25(3,4)42-19)12-16-8-17(20(40-5)10-33-16)18-13-38-11-15(2)34-22(38)23(35-18)41-6/h8,10-11,13,19,21H,7,9,12,14H2,1-6H3,(H,36,39). The van der Waals surface area contributed by atoms with Crippen LogP contribution in [0.25, 0.3) is 16.9 Å².